The van der Waals surface area contributed by atoms with Crippen LogP contribution in [0.4, 0.5) is 30.2 Å². The van der Waals surface area contributed by atoms with E-state index in [1.807, 2.05) is 22.6 Å². The third-order valence-electron chi connectivity index (χ3n) is 5.06. The van der Waals surface area contributed by atoms with Gasteiger partial charge in [0.1, 0.15) is 23.0 Å². The minimum absolute atomic E-state index is 0.162. The summed E-state index contributed by atoms with van der Waals surface area (Å²) in [7, 11) is 0. The Bertz CT molecular complexity index is 1590. The molecule has 4 N–H and O–H groups in total. The van der Waals surface area contributed by atoms with Gasteiger partial charge in [0.15, 0.2) is 0 Å². The monoisotopic (exact) mass is 593 g/mol. The van der Waals surface area contributed by atoms with E-state index in [4.69, 9.17) is 0 Å². The average molecular weight is 593 g/mol. The highest BCUT2D eigenvalue weighted by molar-refractivity contribution is 14.1. The van der Waals surface area contributed by atoms with Crippen LogP contribution in [-0.4, -0.2) is 22.0 Å². The van der Waals surface area contributed by atoms with Gasteiger partial charge in [0.2, 0.25) is 11.3 Å². The van der Waals surface area contributed by atoms with Gasteiger partial charge in [0.25, 0.3) is 0 Å². The van der Waals surface area contributed by atoms with Gasteiger partial charge in [-0.25, -0.2) is 18.0 Å². The van der Waals surface area contributed by atoms with Crippen LogP contribution in [0.15, 0.2) is 53.3 Å². The molecule has 0 atom stereocenters. The molecule has 0 aliphatic heterocycles. The molecule has 7 nitrogen and oxygen atoms in total. The van der Waals surface area contributed by atoms with Gasteiger partial charge in [-0.3, -0.25) is 9.59 Å². The number of anilines is 3. The number of hydrogen-bond acceptors (Lipinski definition) is 4. The summed E-state index contributed by atoms with van der Waals surface area (Å²) in [6.45, 7) is 1.28. The molecule has 3 aromatic carbocycles. The second-order valence-corrected chi connectivity index (χ2v) is 8.73. The van der Waals surface area contributed by atoms with Gasteiger partial charge in [-0.15, -0.1) is 0 Å². The van der Waals surface area contributed by atoms with Crippen LogP contribution in [0.2, 0.25) is 0 Å². The van der Waals surface area contributed by atoms with Crippen LogP contribution in [0.5, 0.6) is 0 Å². The van der Waals surface area contributed by atoms with Gasteiger partial charge in [0.05, 0.1) is 28.0 Å². The molecule has 0 fully saturated rings. The number of rotatable bonds is 5. The molecule has 4 rings (SSSR count). The number of aromatic nitrogens is 1. The molecule has 1 amide bonds. The number of nitrogens with one attached hydrogen (secondary N) is 3. The zero-order valence-corrected chi connectivity index (χ0v) is 20.0. The Kier molecular flexibility index (Phi) is 6.52. The van der Waals surface area contributed by atoms with Crippen LogP contribution in [0, 0.1) is 21.0 Å². The minimum Gasteiger partial charge on any atom is -0.477 e. The largest absolute Gasteiger partial charge is 0.477 e. The molecule has 0 bridgehead atoms. The third-order valence-corrected chi connectivity index (χ3v) is 5.73. The zero-order valence-electron chi connectivity index (χ0n) is 17.8. The van der Waals surface area contributed by atoms with Gasteiger partial charge in [-0.2, -0.15) is 0 Å². The number of pyridine rings is 1. The van der Waals surface area contributed by atoms with Gasteiger partial charge in [0, 0.05) is 27.8 Å². The first-order valence-electron chi connectivity index (χ1n) is 9.98. The fourth-order valence-electron chi connectivity index (χ4n) is 3.62. The predicted octanol–water partition coefficient (Wildman–Crippen LogP) is 5.62. The Morgan fingerprint density at radius 1 is 1.00 bits per heavy atom. The number of halogens is 4. The van der Waals surface area contributed by atoms with Crippen LogP contribution >= 0.6 is 22.6 Å². The highest BCUT2D eigenvalue weighted by Gasteiger charge is 2.25. The van der Waals surface area contributed by atoms with Crippen molar-refractivity contribution in [2.45, 2.75) is 6.92 Å². The molecule has 0 unspecified atom stereocenters. The standard InChI is InChI=1S/C24H15F3IN3O4/c1-10(32)29-13-4-2-3-11(7-13)20-19(24(34)35)23(33)18-21(15(26)9-16(27)22(18)31-20)30-17-6-5-12(28)8-14(17)25/h2-9,30H,1H3,(H,29,32)(H,31,33)(H,34,35). The Labute approximate surface area is 209 Å². The van der Waals surface area contributed by atoms with Crippen LogP contribution < -0.4 is 16.1 Å². The highest BCUT2D eigenvalue weighted by Crippen LogP contribution is 2.33. The van der Waals surface area contributed by atoms with Crippen molar-refractivity contribution < 1.29 is 27.9 Å². The summed E-state index contributed by atoms with van der Waals surface area (Å²) >= 11 is 1.88. The normalized spacial score (nSPS) is 10.9. The van der Waals surface area contributed by atoms with Crippen LogP contribution in [0.25, 0.3) is 22.2 Å². The number of amides is 1. The first kappa shape index (κ1) is 24.3. The molecule has 35 heavy (non-hydrogen) atoms. The Balaban J connectivity index is 2.01. The van der Waals surface area contributed by atoms with Gasteiger partial charge in [-0.05, 0) is 52.9 Å². The maximum Gasteiger partial charge on any atom is 0.341 e. The molecule has 0 saturated heterocycles. The highest BCUT2D eigenvalue weighted by atomic mass is 127. The van der Waals surface area contributed by atoms with E-state index in [9.17, 15) is 32.7 Å². The molecule has 1 aromatic heterocycles. The third kappa shape index (κ3) is 4.71. The molecular formula is C24H15F3IN3O4. The van der Waals surface area contributed by atoms with E-state index in [0.717, 1.165) is 0 Å². The second-order valence-electron chi connectivity index (χ2n) is 7.49. The number of aromatic amines is 1. The molecule has 0 aliphatic rings. The number of aromatic carboxylic acids is 1. The summed E-state index contributed by atoms with van der Waals surface area (Å²) in [5, 5.41) is 14.2. The fraction of sp³-hybridized carbons (Fsp3) is 0.0417. The van der Waals surface area contributed by atoms with Crippen LogP contribution in [-0.2, 0) is 4.79 Å². The van der Waals surface area contributed by atoms with E-state index in [1.54, 1.807) is 0 Å². The van der Waals surface area contributed by atoms with Gasteiger partial charge >= 0.3 is 5.97 Å². The number of carboxylic acid groups (broad SMARTS) is 1. The van der Waals surface area contributed by atoms with Crippen LogP contribution in [0.3, 0.4) is 0 Å². The van der Waals surface area contributed by atoms with Crippen molar-refractivity contribution in [3.63, 3.8) is 0 Å². The maximum absolute atomic E-state index is 14.8. The Morgan fingerprint density at radius 3 is 2.40 bits per heavy atom. The zero-order chi connectivity index (χ0) is 25.4. The fourth-order valence-corrected chi connectivity index (χ4v) is 4.07. The second kappa shape index (κ2) is 9.41. The summed E-state index contributed by atoms with van der Waals surface area (Å²) < 4.78 is 44.6. The first-order valence-corrected chi connectivity index (χ1v) is 11.1. The molecule has 0 aliphatic carbocycles. The Morgan fingerprint density at radius 2 is 1.74 bits per heavy atom. The van der Waals surface area contributed by atoms with Crippen molar-refractivity contribution in [3.05, 3.63) is 85.3 Å². The average Bonchev–Trinajstić information content (AvgIpc) is 2.77. The molecule has 0 saturated carbocycles. The van der Waals surface area contributed by atoms with E-state index < -0.39 is 51.0 Å². The molecule has 0 spiro atoms. The summed E-state index contributed by atoms with van der Waals surface area (Å²) in [6, 6.07) is 10.4. The molecule has 4 aromatic rings. The van der Waals surface area contributed by atoms with Crippen LogP contribution in [0.1, 0.15) is 17.3 Å². The summed E-state index contributed by atoms with van der Waals surface area (Å²) in [4.78, 5) is 39.4. The van der Waals surface area contributed by atoms with Crippen molar-refractivity contribution in [1.29, 1.82) is 0 Å². The molecule has 0 radical (unpaired) electrons. The number of carbonyl (C=O) groups excluding carboxylic acids is 1. The summed E-state index contributed by atoms with van der Waals surface area (Å²) in [5.74, 6) is -5.15. The van der Waals surface area contributed by atoms with Crippen molar-refractivity contribution in [3.8, 4) is 11.3 Å². The SMILES string of the molecule is CC(=O)Nc1cccc(-c2[nH]c3c(F)cc(F)c(Nc4ccc(I)cc4F)c3c(=O)c2C(=O)O)c1. The summed E-state index contributed by atoms with van der Waals surface area (Å²) in [6.07, 6.45) is 0. The van der Waals surface area contributed by atoms with Crippen molar-refractivity contribution in [1.82, 2.24) is 4.98 Å². The lowest BCUT2D eigenvalue weighted by atomic mass is 10.0. The smallest absolute Gasteiger partial charge is 0.341 e. The van der Waals surface area contributed by atoms with E-state index in [0.29, 0.717) is 15.3 Å². The lowest BCUT2D eigenvalue weighted by Gasteiger charge is -2.15. The number of H-pyrrole nitrogens is 1. The minimum atomic E-state index is -1.65. The van der Waals surface area contributed by atoms with Gasteiger partial charge in [-0.1, -0.05) is 12.1 Å². The topological polar surface area (TPSA) is 111 Å². The number of fused-ring (bicyclic) bond motifs is 1. The quantitative estimate of drug-likeness (QED) is 0.225. The summed E-state index contributed by atoms with van der Waals surface area (Å²) in [5.41, 5.74) is -3.00. The lowest BCUT2D eigenvalue weighted by molar-refractivity contribution is -0.114. The number of carboxylic acids is 1. The molecule has 1 heterocycles. The number of benzene rings is 3. The van der Waals surface area contributed by atoms with E-state index >= 15 is 0 Å². The molecule has 11 heteroatoms. The van der Waals surface area contributed by atoms with Gasteiger partial charge < -0.3 is 20.7 Å². The van der Waals surface area contributed by atoms with E-state index in [2.05, 4.69) is 15.6 Å². The number of hydrogen-bond donors (Lipinski definition) is 4. The lowest BCUT2D eigenvalue weighted by Crippen LogP contribution is -2.20. The predicted molar refractivity (Wildman–Crippen MR) is 134 cm³/mol. The first-order chi connectivity index (χ1) is 16.6. The van der Waals surface area contributed by atoms with E-state index in [1.165, 1.54) is 49.4 Å². The van der Waals surface area contributed by atoms with Crippen molar-refractivity contribution >= 4 is 62.4 Å². The van der Waals surface area contributed by atoms with E-state index in [-0.39, 0.29) is 22.9 Å². The Hall–Kier alpha value is -3.87. The maximum atomic E-state index is 14.8. The van der Waals surface area contributed by atoms with Crippen molar-refractivity contribution in [2.24, 2.45) is 0 Å². The molecular weight excluding hydrogens is 578 g/mol. The molecule has 178 valence electrons. The number of carbonyl (C=O) groups is 2. The van der Waals surface area contributed by atoms with Crippen molar-refractivity contribution in [2.75, 3.05) is 10.6 Å².